The van der Waals surface area contributed by atoms with E-state index in [4.69, 9.17) is 0 Å². The normalized spacial score (nSPS) is 11.9. The van der Waals surface area contributed by atoms with Crippen molar-refractivity contribution >= 4 is 29.1 Å². The van der Waals surface area contributed by atoms with Crippen molar-refractivity contribution in [2.24, 2.45) is 0 Å². The van der Waals surface area contributed by atoms with E-state index in [1.807, 2.05) is 30.3 Å². The molecule has 0 aliphatic carbocycles. The molecule has 0 aliphatic heterocycles. The second-order valence-corrected chi connectivity index (χ2v) is 7.92. The lowest BCUT2D eigenvalue weighted by Crippen LogP contribution is -2.29. The molecule has 3 rings (SSSR count). The molecule has 3 N–H and O–H groups in total. The van der Waals surface area contributed by atoms with Crippen molar-refractivity contribution in [2.75, 3.05) is 10.6 Å². The summed E-state index contributed by atoms with van der Waals surface area (Å²) in [5.74, 6) is -4.14. The van der Waals surface area contributed by atoms with Crippen molar-refractivity contribution in [3.05, 3.63) is 95.6 Å². The number of halogens is 2. The van der Waals surface area contributed by atoms with Crippen LogP contribution >= 0.6 is 0 Å². The maximum Gasteiger partial charge on any atom is 0.270 e. The van der Waals surface area contributed by atoms with Gasteiger partial charge in [-0.1, -0.05) is 48.5 Å². The van der Waals surface area contributed by atoms with Crippen molar-refractivity contribution < 1.29 is 23.2 Å². The zero-order chi connectivity index (χ0) is 24.7. The lowest BCUT2D eigenvalue weighted by Gasteiger charge is -2.18. The Morgan fingerprint density at radius 2 is 1.50 bits per heavy atom. The van der Waals surface area contributed by atoms with Gasteiger partial charge in [-0.3, -0.25) is 14.4 Å². The number of carbonyl (C=O) groups is 3. The second kappa shape index (κ2) is 10.7. The molecule has 0 aliphatic rings. The van der Waals surface area contributed by atoms with Gasteiger partial charge in [0.25, 0.3) is 11.8 Å². The first-order valence-corrected chi connectivity index (χ1v) is 10.6. The van der Waals surface area contributed by atoms with E-state index < -0.39 is 17.9 Å². The maximum atomic E-state index is 13.6. The zero-order valence-corrected chi connectivity index (χ0v) is 18.8. The van der Waals surface area contributed by atoms with Crippen LogP contribution in [0.25, 0.3) is 0 Å². The number of nitrogens with one attached hydrogen (secondary N) is 3. The molecule has 0 saturated heterocycles. The molecule has 3 aromatic rings. The molecule has 0 heterocycles. The Hall–Kier alpha value is -4.07. The van der Waals surface area contributed by atoms with E-state index in [1.165, 1.54) is 37.3 Å². The zero-order valence-electron chi connectivity index (χ0n) is 18.8. The number of amides is 3. The molecule has 6 nitrogen and oxygen atoms in total. The van der Waals surface area contributed by atoms with Crippen LogP contribution in [0.5, 0.6) is 0 Å². The summed E-state index contributed by atoms with van der Waals surface area (Å²) < 4.78 is 27.1. The molecule has 0 aromatic heterocycles. The predicted molar refractivity (Wildman–Crippen MR) is 127 cm³/mol. The molecule has 176 valence electrons. The van der Waals surface area contributed by atoms with E-state index in [0.29, 0.717) is 5.69 Å². The molecule has 0 spiro atoms. The summed E-state index contributed by atoms with van der Waals surface area (Å²) in [5, 5.41) is 8.10. The number of rotatable bonds is 8. The number of carbonyl (C=O) groups excluding carboxylic acids is 3. The van der Waals surface area contributed by atoms with E-state index in [0.717, 1.165) is 12.5 Å². The van der Waals surface area contributed by atoms with Gasteiger partial charge >= 0.3 is 0 Å². The van der Waals surface area contributed by atoms with E-state index in [1.54, 1.807) is 18.2 Å². The molecule has 3 aromatic carbocycles. The van der Waals surface area contributed by atoms with Crippen LogP contribution in [-0.2, 0) is 15.5 Å². The SMILES string of the molecule is CC(=O)NC(CC(=O)Nc1cccc(C(=O)Nc2cccc(C(C)(F)F)c2)c1)c1ccccc1. The topological polar surface area (TPSA) is 87.3 Å². The largest absolute Gasteiger partial charge is 0.349 e. The summed E-state index contributed by atoms with van der Waals surface area (Å²) in [6, 6.07) is 20.4. The molecule has 0 saturated carbocycles. The van der Waals surface area contributed by atoms with Gasteiger partial charge in [-0.2, -0.15) is 0 Å². The highest BCUT2D eigenvalue weighted by atomic mass is 19.3. The Balaban J connectivity index is 1.68. The monoisotopic (exact) mass is 465 g/mol. The van der Waals surface area contributed by atoms with Gasteiger partial charge < -0.3 is 16.0 Å². The number of benzene rings is 3. The van der Waals surface area contributed by atoms with Crippen LogP contribution in [0.1, 0.15) is 47.8 Å². The Morgan fingerprint density at radius 1 is 0.853 bits per heavy atom. The fourth-order valence-electron chi connectivity index (χ4n) is 3.39. The Labute approximate surface area is 196 Å². The average molecular weight is 466 g/mol. The molecule has 0 bridgehead atoms. The molecule has 3 amide bonds. The summed E-state index contributed by atoms with van der Waals surface area (Å²) in [4.78, 5) is 36.9. The molecule has 1 unspecified atom stereocenters. The fourth-order valence-corrected chi connectivity index (χ4v) is 3.39. The molecule has 0 fully saturated rings. The van der Waals surface area contributed by atoms with Crippen molar-refractivity contribution in [3.63, 3.8) is 0 Å². The first-order valence-electron chi connectivity index (χ1n) is 10.6. The summed E-state index contributed by atoms with van der Waals surface area (Å²) in [6.45, 7) is 2.17. The van der Waals surface area contributed by atoms with Crippen LogP contribution in [0.3, 0.4) is 0 Å². The average Bonchev–Trinajstić information content (AvgIpc) is 2.78. The van der Waals surface area contributed by atoms with Crippen LogP contribution in [0.4, 0.5) is 20.2 Å². The van der Waals surface area contributed by atoms with Gasteiger partial charge in [0.05, 0.1) is 12.5 Å². The third-order valence-electron chi connectivity index (χ3n) is 5.00. The highest BCUT2D eigenvalue weighted by Crippen LogP contribution is 2.28. The maximum absolute atomic E-state index is 13.6. The standard InChI is InChI=1S/C26H25F2N3O3/c1-17(32)29-23(18-8-4-3-5-9-18)16-24(33)30-21-12-6-10-19(14-21)25(34)31-22-13-7-11-20(15-22)26(2,27)28/h3-15,23H,16H2,1-2H3,(H,29,32)(H,30,33)(H,31,34). The smallest absolute Gasteiger partial charge is 0.270 e. The van der Waals surface area contributed by atoms with Crippen LogP contribution in [0.2, 0.25) is 0 Å². The van der Waals surface area contributed by atoms with Crippen molar-refractivity contribution in [1.82, 2.24) is 5.32 Å². The molecule has 34 heavy (non-hydrogen) atoms. The quantitative estimate of drug-likeness (QED) is 0.424. The third kappa shape index (κ3) is 6.96. The van der Waals surface area contributed by atoms with Gasteiger partial charge in [0.15, 0.2) is 0 Å². The minimum atomic E-state index is -3.03. The van der Waals surface area contributed by atoms with Crippen molar-refractivity contribution in [2.45, 2.75) is 32.2 Å². The van der Waals surface area contributed by atoms with Gasteiger partial charge in [0, 0.05) is 36.3 Å². The van der Waals surface area contributed by atoms with Crippen LogP contribution in [-0.4, -0.2) is 17.7 Å². The number of hydrogen-bond donors (Lipinski definition) is 3. The first-order chi connectivity index (χ1) is 16.1. The minimum absolute atomic E-state index is 0.00195. The van der Waals surface area contributed by atoms with Gasteiger partial charge in [0.1, 0.15) is 0 Å². The lowest BCUT2D eigenvalue weighted by molar-refractivity contribution is -0.120. The summed E-state index contributed by atoms with van der Waals surface area (Å²) in [7, 11) is 0. The number of anilines is 2. The van der Waals surface area contributed by atoms with Gasteiger partial charge in [-0.15, -0.1) is 0 Å². The summed E-state index contributed by atoms with van der Waals surface area (Å²) in [5.41, 5.74) is 1.45. The third-order valence-corrected chi connectivity index (χ3v) is 5.00. The lowest BCUT2D eigenvalue weighted by atomic mass is 10.0. The van der Waals surface area contributed by atoms with Crippen molar-refractivity contribution in [3.8, 4) is 0 Å². The van der Waals surface area contributed by atoms with E-state index >= 15 is 0 Å². The van der Waals surface area contributed by atoms with Crippen LogP contribution in [0, 0.1) is 0 Å². The first kappa shape index (κ1) is 24.6. The molecular weight excluding hydrogens is 440 g/mol. The van der Waals surface area contributed by atoms with Crippen LogP contribution < -0.4 is 16.0 Å². The van der Waals surface area contributed by atoms with Gasteiger partial charge in [0.2, 0.25) is 11.8 Å². The van der Waals surface area contributed by atoms with Crippen molar-refractivity contribution in [1.29, 1.82) is 0 Å². The van der Waals surface area contributed by atoms with Gasteiger partial charge in [-0.05, 0) is 35.9 Å². The molecule has 1 atom stereocenters. The predicted octanol–water partition coefficient (Wildman–Crippen LogP) is 5.26. The Kier molecular flexibility index (Phi) is 7.73. The summed E-state index contributed by atoms with van der Waals surface area (Å²) >= 11 is 0. The van der Waals surface area contributed by atoms with E-state index in [9.17, 15) is 23.2 Å². The Bertz CT molecular complexity index is 1180. The van der Waals surface area contributed by atoms with Crippen LogP contribution in [0.15, 0.2) is 78.9 Å². The summed E-state index contributed by atoms with van der Waals surface area (Å²) in [6.07, 6.45) is -0.00195. The van der Waals surface area contributed by atoms with E-state index in [-0.39, 0.29) is 35.0 Å². The fraction of sp³-hybridized carbons (Fsp3) is 0.192. The molecular formula is C26H25F2N3O3. The number of hydrogen-bond acceptors (Lipinski definition) is 3. The number of alkyl halides is 2. The minimum Gasteiger partial charge on any atom is -0.349 e. The second-order valence-electron chi connectivity index (χ2n) is 7.92. The molecule has 8 heteroatoms. The Morgan fingerprint density at radius 3 is 2.15 bits per heavy atom. The highest BCUT2D eigenvalue weighted by Gasteiger charge is 2.24. The molecule has 0 radical (unpaired) electrons. The van der Waals surface area contributed by atoms with Gasteiger partial charge in [-0.25, -0.2) is 8.78 Å². The highest BCUT2D eigenvalue weighted by molar-refractivity contribution is 6.05. The van der Waals surface area contributed by atoms with E-state index in [2.05, 4.69) is 16.0 Å².